The van der Waals surface area contributed by atoms with Crippen LogP contribution in [0.4, 0.5) is 0 Å². The van der Waals surface area contributed by atoms with Crippen molar-refractivity contribution >= 4 is 34.2 Å². The van der Waals surface area contributed by atoms with Gasteiger partial charge in [-0.3, -0.25) is 0 Å². The number of halogens is 2. The van der Waals surface area contributed by atoms with Crippen LogP contribution in [0.1, 0.15) is 5.56 Å². The first-order chi connectivity index (χ1) is 7.76. The second-order valence-corrected chi connectivity index (χ2v) is 4.07. The van der Waals surface area contributed by atoms with E-state index in [1.807, 2.05) is 22.9 Å². The fourth-order valence-electron chi connectivity index (χ4n) is 1.64. The topological polar surface area (TPSA) is 38.0 Å². The predicted molar refractivity (Wildman–Crippen MR) is 65.4 cm³/mol. The molecule has 16 heavy (non-hydrogen) atoms. The summed E-state index contributed by atoms with van der Waals surface area (Å²) >= 11 is 11.4. The molecule has 2 heterocycles. The third-order valence-corrected chi connectivity index (χ3v) is 2.93. The maximum Gasteiger partial charge on any atom is 0.140 e. The van der Waals surface area contributed by atoms with Crippen molar-refractivity contribution in [1.29, 1.82) is 0 Å². The molecule has 0 spiro atoms. The van der Waals surface area contributed by atoms with E-state index in [2.05, 4.69) is 4.98 Å². The number of fused-ring (bicyclic) bond motifs is 1. The monoisotopic (exact) mass is 256 g/mol. The molecule has 0 aliphatic rings. The number of aromatic nitrogens is 2. The van der Waals surface area contributed by atoms with Gasteiger partial charge in [-0.15, -0.1) is 0 Å². The molecule has 1 N–H and O–H groups in total. The highest BCUT2D eigenvalue weighted by molar-refractivity contribution is 6.36. The molecule has 3 nitrogen and oxygen atoms in total. The summed E-state index contributed by atoms with van der Waals surface area (Å²) in [6.45, 7) is 0.440. The van der Waals surface area contributed by atoms with Gasteiger partial charge in [0.1, 0.15) is 5.65 Å². The summed E-state index contributed by atoms with van der Waals surface area (Å²) in [4.78, 5) is 4.26. The number of hydrogen-bond donors (Lipinski definition) is 1. The van der Waals surface area contributed by atoms with Gasteiger partial charge in [-0.25, -0.2) is 4.98 Å². The van der Waals surface area contributed by atoms with Gasteiger partial charge in [0.15, 0.2) is 0 Å². The number of aliphatic hydroxyl groups excluding tert-OH is 1. The molecule has 2 rings (SSSR count). The molecule has 0 bridgehead atoms. The Balaban J connectivity index is 2.53. The van der Waals surface area contributed by atoms with Crippen molar-refractivity contribution in [2.24, 2.45) is 0 Å². The third-order valence-electron chi connectivity index (χ3n) is 2.33. The summed E-state index contributed by atoms with van der Waals surface area (Å²) < 4.78 is 1.86. The Hall–Kier alpha value is -1.03. The van der Waals surface area contributed by atoms with Crippen molar-refractivity contribution in [3.63, 3.8) is 0 Å². The van der Waals surface area contributed by atoms with E-state index in [4.69, 9.17) is 23.2 Å². The number of allylic oxidation sites excluding steroid dienone is 1. The SMILES string of the molecule is OCc1cn(CC(Cl)=CCl)c2ncccc12. The van der Waals surface area contributed by atoms with Gasteiger partial charge in [0.05, 0.1) is 13.2 Å². The number of hydrogen-bond acceptors (Lipinski definition) is 2. The Labute approximate surface area is 103 Å². The Morgan fingerprint density at radius 2 is 2.38 bits per heavy atom. The fraction of sp³-hybridized carbons (Fsp3) is 0.182. The van der Waals surface area contributed by atoms with E-state index < -0.39 is 0 Å². The maximum atomic E-state index is 9.23. The molecule has 5 heteroatoms. The van der Waals surface area contributed by atoms with Crippen LogP contribution < -0.4 is 0 Å². The van der Waals surface area contributed by atoms with Gasteiger partial charge in [-0.05, 0) is 12.1 Å². The van der Waals surface area contributed by atoms with Crippen molar-refractivity contribution in [2.45, 2.75) is 13.2 Å². The summed E-state index contributed by atoms with van der Waals surface area (Å²) in [7, 11) is 0. The zero-order valence-electron chi connectivity index (χ0n) is 8.40. The standard InChI is InChI=1S/C11H10Cl2N2O/c12-4-9(13)6-15-5-8(7-16)10-2-1-3-14-11(10)15/h1-5,16H,6-7H2. The molecule has 2 aromatic heterocycles. The molecule has 0 aliphatic heterocycles. The van der Waals surface area contributed by atoms with Crippen LogP contribution in [-0.4, -0.2) is 14.7 Å². The van der Waals surface area contributed by atoms with Crippen LogP contribution in [-0.2, 0) is 13.2 Å². The first kappa shape index (κ1) is 11.5. The number of aliphatic hydroxyl groups is 1. The average molecular weight is 257 g/mol. The van der Waals surface area contributed by atoms with Crippen LogP contribution >= 0.6 is 23.2 Å². The zero-order valence-corrected chi connectivity index (χ0v) is 9.91. The lowest BCUT2D eigenvalue weighted by atomic mass is 10.2. The van der Waals surface area contributed by atoms with E-state index in [-0.39, 0.29) is 6.61 Å². The molecule has 0 aliphatic carbocycles. The minimum atomic E-state index is -0.0165. The van der Waals surface area contributed by atoms with Crippen molar-refractivity contribution in [3.05, 3.63) is 40.7 Å². The smallest absolute Gasteiger partial charge is 0.140 e. The summed E-state index contributed by atoms with van der Waals surface area (Å²) in [6, 6.07) is 3.76. The molecular formula is C11H10Cl2N2O. The molecule has 2 aromatic rings. The van der Waals surface area contributed by atoms with E-state index in [1.54, 1.807) is 6.20 Å². The van der Waals surface area contributed by atoms with Gasteiger partial charge in [0.25, 0.3) is 0 Å². The second kappa shape index (κ2) is 4.87. The molecular weight excluding hydrogens is 247 g/mol. The largest absolute Gasteiger partial charge is 0.392 e. The second-order valence-electron chi connectivity index (χ2n) is 3.37. The van der Waals surface area contributed by atoms with Crippen LogP contribution in [0.5, 0.6) is 0 Å². The molecule has 0 atom stereocenters. The molecule has 0 saturated heterocycles. The highest BCUT2D eigenvalue weighted by atomic mass is 35.5. The fourth-order valence-corrected chi connectivity index (χ4v) is 1.84. The maximum absolute atomic E-state index is 9.23. The first-order valence-corrected chi connectivity index (χ1v) is 5.56. The molecule has 0 unspecified atom stereocenters. The average Bonchev–Trinajstić information content (AvgIpc) is 2.68. The molecule has 0 radical (unpaired) electrons. The lowest BCUT2D eigenvalue weighted by Gasteiger charge is -2.01. The number of pyridine rings is 1. The van der Waals surface area contributed by atoms with Crippen LogP contribution in [0.3, 0.4) is 0 Å². The van der Waals surface area contributed by atoms with E-state index >= 15 is 0 Å². The highest BCUT2D eigenvalue weighted by Crippen LogP contribution is 2.21. The summed E-state index contributed by atoms with van der Waals surface area (Å²) in [6.07, 6.45) is 3.54. The minimum Gasteiger partial charge on any atom is -0.392 e. The predicted octanol–water partition coefficient (Wildman–Crippen LogP) is 2.85. The van der Waals surface area contributed by atoms with E-state index in [1.165, 1.54) is 5.54 Å². The van der Waals surface area contributed by atoms with Crippen molar-refractivity contribution in [1.82, 2.24) is 9.55 Å². The summed E-state index contributed by atoms with van der Waals surface area (Å²) in [5.74, 6) is 0. The van der Waals surface area contributed by atoms with Gasteiger partial charge in [-0.1, -0.05) is 23.2 Å². The lowest BCUT2D eigenvalue weighted by molar-refractivity contribution is 0.283. The van der Waals surface area contributed by atoms with E-state index in [0.29, 0.717) is 11.6 Å². The van der Waals surface area contributed by atoms with Crippen molar-refractivity contribution in [2.75, 3.05) is 0 Å². The minimum absolute atomic E-state index is 0.0165. The van der Waals surface area contributed by atoms with Gasteiger partial charge in [-0.2, -0.15) is 0 Å². The van der Waals surface area contributed by atoms with Gasteiger partial charge >= 0.3 is 0 Å². The van der Waals surface area contributed by atoms with Crippen molar-refractivity contribution in [3.8, 4) is 0 Å². The zero-order chi connectivity index (χ0) is 11.5. The Morgan fingerprint density at radius 1 is 1.56 bits per heavy atom. The quantitative estimate of drug-likeness (QED) is 0.918. The van der Waals surface area contributed by atoms with Crippen LogP contribution in [0, 0.1) is 0 Å². The van der Waals surface area contributed by atoms with Crippen LogP contribution in [0.15, 0.2) is 35.1 Å². The third kappa shape index (κ3) is 2.07. The van der Waals surface area contributed by atoms with E-state index in [9.17, 15) is 5.11 Å². The van der Waals surface area contributed by atoms with Gasteiger partial charge in [0.2, 0.25) is 0 Å². The number of rotatable bonds is 3. The lowest BCUT2D eigenvalue weighted by Crippen LogP contribution is -1.96. The molecule has 0 saturated carbocycles. The van der Waals surface area contributed by atoms with Crippen LogP contribution in [0.25, 0.3) is 11.0 Å². The van der Waals surface area contributed by atoms with E-state index in [0.717, 1.165) is 16.6 Å². The number of nitrogens with zero attached hydrogens (tertiary/aromatic N) is 2. The Kier molecular flexibility index (Phi) is 3.49. The highest BCUT2D eigenvalue weighted by Gasteiger charge is 2.08. The summed E-state index contributed by atoms with van der Waals surface area (Å²) in [5, 5.41) is 10.7. The Bertz CT molecular complexity index is 534. The molecule has 0 fully saturated rings. The van der Waals surface area contributed by atoms with Crippen LogP contribution in [0.2, 0.25) is 0 Å². The Morgan fingerprint density at radius 3 is 3.06 bits per heavy atom. The first-order valence-electron chi connectivity index (χ1n) is 4.74. The molecule has 84 valence electrons. The van der Waals surface area contributed by atoms with Gasteiger partial charge in [0, 0.05) is 33.9 Å². The summed E-state index contributed by atoms with van der Waals surface area (Å²) in [5.41, 5.74) is 2.96. The molecule has 0 aromatic carbocycles. The van der Waals surface area contributed by atoms with Crippen molar-refractivity contribution < 1.29 is 5.11 Å². The normalized spacial score (nSPS) is 12.3. The van der Waals surface area contributed by atoms with Gasteiger partial charge < -0.3 is 9.67 Å². The molecule has 0 amide bonds.